The van der Waals surface area contributed by atoms with Crippen molar-refractivity contribution in [3.05, 3.63) is 52.2 Å². The molecule has 2 aliphatic rings. The molecule has 162 valence electrons. The van der Waals surface area contributed by atoms with Crippen LogP contribution < -0.4 is 4.57 Å². The molecule has 0 N–H and O–H groups in total. The molecule has 1 aromatic carbocycles. The maximum absolute atomic E-state index is 2.54. The van der Waals surface area contributed by atoms with Gasteiger partial charge >= 0.3 is 0 Å². The molecule has 30 heavy (non-hydrogen) atoms. The predicted octanol–water partition coefficient (Wildman–Crippen LogP) is 7.18. The van der Waals surface area contributed by atoms with Crippen LogP contribution >= 0.6 is 0 Å². The van der Waals surface area contributed by atoms with Crippen molar-refractivity contribution >= 4 is 0 Å². The molecule has 0 bridgehead atoms. The summed E-state index contributed by atoms with van der Waals surface area (Å²) in [5.74, 6) is 0. The second kappa shape index (κ2) is 6.44. The molecule has 1 aromatic heterocycles. The van der Waals surface area contributed by atoms with Gasteiger partial charge in [0.2, 0.25) is 5.69 Å². The van der Waals surface area contributed by atoms with Crippen LogP contribution in [-0.2, 0) is 28.7 Å². The number of nitrogens with zero attached hydrogens (tertiary/aromatic N) is 1. The zero-order chi connectivity index (χ0) is 22.3. The van der Waals surface area contributed by atoms with Gasteiger partial charge in [-0.1, -0.05) is 61.5 Å². The van der Waals surface area contributed by atoms with E-state index in [9.17, 15) is 0 Å². The molecule has 0 atom stereocenters. The van der Waals surface area contributed by atoms with Crippen molar-refractivity contribution in [2.75, 3.05) is 0 Å². The third-order valence-electron chi connectivity index (χ3n) is 8.58. The molecule has 0 fully saturated rings. The number of hydrogen-bond donors (Lipinski definition) is 0. The normalized spacial score (nSPS) is 22.9. The summed E-state index contributed by atoms with van der Waals surface area (Å²) in [5, 5.41) is 0. The Balaban J connectivity index is 1.97. The van der Waals surface area contributed by atoms with Gasteiger partial charge in [-0.3, -0.25) is 0 Å². The van der Waals surface area contributed by atoms with Crippen molar-refractivity contribution in [3.63, 3.8) is 0 Å². The molecule has 0 spiro atoms. The molecule has 1 nitrogen and oxygen atoms in total. The van der Waals surface area contributed by atoms with Gasteiger partial charge in [-0.2, -0.15) is 0 Å². The van der Waals surface area contributed by atoms with E-state index in [2.05, 4.69) is 98.3 Å². The second-order valence-corrected chi connectivity index (χ2v) is 12.8. The SMILES string of the molecule is Cc1cc2c(cc1-c1cc3c(c[n+]1C)C(C)(C)CCC3(C)C)C(C)(C)CCC2(C)C. The van der Waals surface area contributed by atoms with E-state index < -0.39 is 0 Å². The van der Waals surface area contributed by atoms with Gasteiger partial charge in [0.1, 0.15) is 7.05 Å². The van der Waals surface area contributed by atoms with Crippen molar-refractivity contribution in [1.82, 2.24) is 0 Å². The van der Waals surface area contributed by atoms with Crippen LogP contribution in [0.3, 0.4) is 0 Å². The van der Waals surface area contributed by atoms with E-state index >= 15 is 0 Å². The van der Waals surface area contributed by atoms with Crippen LogP contribution in [-0.4, -0.2) is 0 Å². The highest BCUT2D eigenvalue weighted by Crippen LogP contribution is 2.49. The fraction of sp³-hybridized carbons (Fsp3) is 0.621. The molecule has 0 aliphatic heterocycles. The molecular weight excluding hydrogens is 362 g/mol. The van der Waals surface area contributed by atoms with Gasteiger partial charge in [0.05, 0.1) is 0 Å². The third kappa shape index (κ3) is 3.24. The van der Waals surface area contributed by atoms with Crippen LogP contribution in [0.5, 0.6) is 0 Å². The second-order valence-electron chi connectivity index (χ2n) is 12.8. The molecule has 0 saturated heterocycles. The number of rotatable bonds is 1. The Bertz CT molecular complexity index is 934. The molecule has 4 rings (SSSR count). The molecule has 0 saturated carbocycles. The molecule has 0 unspecified atom stereocenters. The van der Waals surface area contributed by atoms with Crippen LogP contribution in [0.2, 0.25) is 0 Å². The quantitative estimate of drug-likeness (QED) is 0.443. The van der Waals surface area contributed by atoms with E-state index in [1.165, 1.54) is 48.1 Å². The lowest BCUT2D eigenvalue weighted by molar-refractivity contribution is -0.661. The Labute approximate surface area is 184 Å². The minimum absolute atomic E-state index is 0.233. The summed E-state index contributed by atoms with van der Waals surface area (Å²) in [4.78, 5) is 0. The summed E-state index contributed by atoms with van der Waals surface area (Å²) < 4.78 is 2.39. The largest absolute Gasteiger partial charge is 0.212 e. The van der Waals surface area contributed by atoms with Crippen LogP contribution in [0.15, 0.2) is 24.4 Å². The van der Waals surface area contributed by atoms with Crippen molar-refractivity contribution in [2.45, 2.75) is 110 Å². The minimum Gasteiger partial charge on any atom is -0.201 e. The first-order chi connectivity index (χ1) is 13.7. The highest BCUT2D eigenvalue weighted by Gasteiger charge is 2.41. The Hall–Kier alpha value is -1.63. The first kappa shape index (κ1) is 21.6. The van der Waals surface area contributed by atoms with Gasteiger partial charge in [-0.25, -0.2) is 4.57 Å². The summed E-state index contributed by atoms with van der Waals surface area (Å²) in [6, 6.07) is 7.56. The van der Waals surface area contributed by atoms with Crippen molar-refractivity contribution in [2.24, 2.45) is 7.05 Å². The number of aryl methyl sites for hydroxylation is 2. The topological polar surface area (TPSA) is 3.88 Å². The standard InChI is InChI=1S/C29H42N/c1-19-15-21-22(27(4,5)12-11-26(21,2)3)16-20(19)25-17-23-24(18-30(25)10)29(8,9)14-13-28(23,6)7/h15-18H,11-14H2,1-10H3/q+1. The number of aromatic nitrogens is 1. The van der Waals surface area contributed by atoms with Crippen LogP contribution in [0, 0.1) is 6.92 Å². The van der Waals surface area contributed by atoms with Crippen LogP contribution in [0.25, 0.3) is 11.3 Å². The maximum atomic E-state index is 2.54. The number of hydrogen-bond acceptors (Lipinski definition) is 0. The van der Waals surface area contributed by atoms with Gasteiger partial charge in [0.25, 0.3) is 0 Å². The Morgan fingerprint density at radius 1 is 0.600 bits per heavy atom. The van der Waals surface area contributed by atoms with Crippen LogP contribution in [0.4, 0.5) is 0 Å². The van der Waals surface area contributed by atoms with E-state index in [-0.39, 0.29) is 21.7 Å². The predicted molar refractivity (Wildman–Crippen MR) is 128 cm³/mol. The molecule has 0 amide bonds. The minimum atomic E-state index is 0.233. The summed E-state index contributed by atoms with van der Waals surface area (Å²) in [5.41, 5.74) is 11.3. The summed E-state index contributed by atoms with van der Waals surface area (Å²) in [6.07, 6.45) is 7.46. The van der Waals surface area contributed by atoms with Gasteiger partial charge in [0, 0.05) is 17.2 Å². The van der Waals surface area contributed by atoms with E-state index in [1.54, 1.807) is 16.7 Å². The number of fused-ring (bicyclic) bond motifs is 2. The maximum Gasteiger partial charge on any atom is 0.212 e. The lowest BCUT2D eigenvalue weighted by atomic mass is 9.62. The van der Waals surface area contributed by atoms with Crippen molar-refractivity contribution in [3.8, 4) is 11.3 Å². The highest BCUT2D eigenvalue weighted by molar-refractivity contribution is 5.66. The van der Waals surface area contributed by atoms with Gasteiger partial charge in [-0.05, 0) is 82.6 Å². The highest BCUT2D eigenvalue weighted by atomic mass is 14.9. The zero-order valence-electron chi connectivity index (χ0n) is 21.1. The van der Waals surface area contributed by atoms with E-state index in [0.717, 1.165) is 0 Å². The number of benzene rings is 1. The lowest BCUT2D eigenvalue weighted by Crippen LogP contribution is -2.40. The molecule has 1 heterocycles. The first-order valence-electron chi connectivity index (χ1n) is 11.9. The van der Waals surface area contributed by atoms with Gasteiger partial charge in [-0.15, -0.1) is 0 Å². The third-order valence-corrected chi connectivity index (χ3v) is 8.58. The van der Waals surface area contributed by atoms with Gasteiger partial charge in [0.15, 0.2) is 6.20 Å². The Morgan fingerprint density at radius 2 is 1.00 bits per heavy atom. The number of pyridine rings is 1. The molecule has 1 heteroatoms. The van der Waals surface area contributed by atoms with E-state index in [0.29, 0.717) is 0 Å². The molecule has 2 aliphatic carbocycles. The summed E-state index contributed by atoms with van der Waals surface area (Å²) in [7, 11) is 2.24. The average molecular weight is 405 g/mol. The molecule has 2 aromatic rings. The van der Waals surface area contributed by atoms with Crippen molar-refractivity contribution in [1.29, 1.82) is 0 Å². The van der Waals surface area contributed by atoms with E-state index in [1.807, 2.05) is 0 Å². The average Bonchev–Trinajstić information content (AvgIpc) is 2.63. The summed E-state index contributed by atoms with van der Waals surface area (Å²) >= 11 is 0. The smallest absolute Gasteiger partial charge is 0.201 e. The monoisotopic (exact) mass is 404 g/mol. The molecular formula is C29H42N+. The lowest BCUT2D eigenvalue weighted by Gasteiger charge is -2.42. The zero-order valence-corrected chi connectivity index (χ0v) is 21.1. The Morgan fingerprint density at radius 3 is 1.50 bits per heavy atom. The fourth-order valence-electron chi connectivity index (χ4n) is 5.91. The Kier molecular flexibility index (Phi) is 4.63. The fourth-order valence-corrected chi connectivity index (χ4v) is 5.91. The van der Waals surface area contributed by atoms with E-state index in [4.69, 9.17) is 0 Å². The first-order valence-corrected chi connectivity index (χ1v) is 11.9. The summed E-state index contributed by atoms with van der Waals surface area (Å²) in [6.45, 7) is 21.7. The van der Waals surface area contributed by atoms with Crippen molar-refractivity contribution < 1.29 is 4.57 Å². The molecule has 0 radical (unpaired) electrons. The van der Waals surface area contributed by atoms with Crippen LogP contribution in [0.1, 0.15) is 109 Å². The van der Waals surface area contributed by atoms with Gasteiger partial charge < -0.3 is 0 Å².